The van der Waals surface area contributed by atoms with Gasteiger partial charge in [-0.3, -0.25) is 14.4 Å². The summed E-state index contributed by atoms with van der Waals surface area (Å²) in [6.45, 7) is 8.30. The second-order valence-corrected chi connectivity index (χ2v) is 11.4. The van der Waals surface area contributed by atoms with Gasteiger partial charge in [0.2, 0.25) is 11.8 Å². The highest BCUT2D eigenvalue weighted by Crippen LogP contribution is 2.40. The Morgan fingerprint density at radius 3 is 2.46 bits per heavy atom. The lowest BCUT2D eigenvalue weighted by Crippen LogP contribution is -2.60. The van der Waals surface area contributed by atoms with Gasteiger partial charge in [0, 0.05) is 12.6 Å². The van der Waals surface area contributed by atoms with Gasteiger partial charge in [0.25, 0.3) is 5.91 Å². The van der Waals surface area contributed by atoms with E-state index in [-0.39, 0.29) is 29.8 Å². The molecule has 1 aliphatic heterocycles. The van der Waals surface area contributed by atoms with Crippen LogP contribution in [0.4, 0.5) is 0 Å². The van der Waals surface area contributed by atoms with Gasteiger partial charge in [0.15, 0.2) is 0 Å². The summed E-state index contributed by atoms with van der Waals surface area (Å²) in [4.78, 5) is 42.2. The third-order valence-corrected chi connectivity index (χ3v) is 8.01. The van der Waals surface area contributed by atoms with Crippen molar-refractivity contribution in [2.75, 3.05) is 20.7 Å². The number of carbonyl (C=O) groups excluding carboxylic acids is 3. The number of benzene rings is 2. The number of fused-ring (bicyclic) bond motifs is 2. The Bertz CT molecular complexity index is 1170. The number of methoxy groups -OCH3 is 1. The van der Waals surface area contributed by atoms with E-state index >= 15 is 0 Å². The first kappa shape index (κ1) is 26.9. The molecule has 2 fully saturated rings. The maximum Gasteiger partial charge on any atom is 0.255 e. The molecule has 3 N–H and O–H groups in total. The Hall–Kier alpha value is -3.13. The van der Waals surface area contributed by atoms with E-state index < -0.39 is 17.5 Å². The number of hydrogen-bond acceptors (Lipinski definition) is 5. The maximum atomic E-state index is 13.9. The first-order valence-electron chi connectivity index (χ1n) is 13.2. The minimum absolute atomic E-state index is 0.0828. The van der Waals surface area contributed by atoms with Crippen molar-refractivity contribution in [2.24, 2.45) is 11.3 Å². The highest BCUT2D eigenvalue weighted by molar-refractivity contribution is 6.09. The molecule has 0 bridgehead atoms. The molecule has 1 saturated heterocycles. The number of amides is 3. The summed E-state index contributed by atoms with van der Waals surface area (Å²) in [5.41, 5.74) is 0.0483. The van der Waals surface area contributed by atoms with Crippen LogP contribution >= 0.6 is 0 Å². The van der Waals surface area contributed by atoms with Crippen LogP contribution in [0.3, 0.4) is 0 Å². The van der Waals surface area contributed by atoms with Crippen molar-refractivity contribution in [3.8, 4) is 5.75 Å². The second kappa shape index (κ2) is 10.7. The molecule has 8 heteroatoms. The van der Waals surface area contributed by atoms with Crippen LogP contribution in [0.5, 0.6) is 5.75 Å². The lowest BCUT2D eigenvalue weighted by Gasteiger charge is -2.38. The number of nitrogens with one attached hydrogen (secondary N) is 3. The smallest absolute Gasteiger partial charge is 0.255 e. The molecule has 2 aromatic carbocycles. The summed E-state index contributed by atoms with van der Waals surface area (Å²) in [7, 11) is 3.29. The molecule has 5 atom stereocenters. The van der Waals surface area contributed by atoms with Crippen molar-refractivity contribution in [3.63, 3.8) is 0 Å². The van der Waals surface area contributed by atoms with Crippen molar-refractivity contribution in [3.05, 3.63) is 42.0 Å². The van der Waals surface area contributed by atoms with Gasteiger partial charge in [-0.2, -0.15) is 0 Å². The first-order chi connectivity index (χ1) is 17.6. The zero-order valence-corrected chi connectivity index (χ0v) is 22.8. The molecular formula is C29H40N4O4. The summed E-state index contributed by atoms with van der Waals surface area (Å²) in [6, 6.07) is 10.2. The van der Waals surface area contributed by atoms with E-state index in [2.05, 4.69) is 16.0 Å². The molecule has 200 valence electrons. The highest BCUT2D eigenvalue weighted by Gasteiger charge is 2.49. The van der Waals surface area contributed by atoms with E-state index in [4.69, 9.17) is 4.74 Å². The van der Waals surface area contributed by atoms with Crippen molar-refractivity contribution < 1.29 is 19.1 Å². The van der Waals surface area contributed by atoms with Crippen LogP contribution in [-0.2, 0) is 9.59 Å². The quantitative estimate of drug-likeness (QED) is 0.534. The molecule has 0 aromatic heterocycles. The number of likely N-dealkylation sites (N-methyl/N-ethyl adjacent to an activating group) is 1. The Morgan fingerprint density at radius 2 is 1.78 bits per heavy atom. The van der Waals surface area contributed by atoms with Gasteiger partial charge >= 0.3 is 0 Å². The SMILES string of the molecule is CNC(C)C(=O)NC(C(=O)N1CCC2CCC(NC(=O)c3c(OC)ccc4ccccc34)C21)C(C)(C)C. The average Bonchev–Trinajstić information content (AvgIpc) is 3.47. The Kier molecular flexibility index (Phi) is 7.78. The summed E-state index contributed by atoms with van der Waals surface area (Å²) >= 11 is 0. The molecule has 3 amide bonds. The largest absolute Gasteiger partial charge is 0.496 e. The molecular weight excluding hydrogens is 468 g/mol. The normalized spacial score (nSPS) is 22.9. The summed E-state index contributed by atoms with van der Waals surface area (Å²) in [6.07, 6.45) is 2.66. The molecule has 0 spiro atoms. The van der Waals surface area contributed by atoms with E-state index in [0.717, 1.165) is 30.0 Å². The fourth-order valence-corrected chi connectivity index (χ4v) is 5.83. The Morgan fingerprint density at radius 1 is 1.05 bits per heavy atom. The van der Waals surface area contributed by atoms with Crippen LogP contribution in [-0.4, -0.2) is 67.5 Å². The number of carbonyl (C=O) groups is 3. The van der Waals surface area contributed by atoms with Crippen LogP contribution < -0.4 is 20.7 Å². The third kappa shape index (κ3) is 5.30. The zero-order chi connectivity index (χ0) is 26.9. The average molecular weight is 509 g/mol. The van der Waals surface area contributed by atoms with E-state index in [9.17, 15) is 14.4 Å². The first-order valence-corrected chi connectivity index (χ1v) is 13.2. The van der Waals surface area contributed by atoms with Crippen LogP contribution in [0.15, 0.2) is 36.4 Å². The van der Waals surface area contributed by atoms with Gasteiger partial charge in [0.1, 0.15) is 11.8 Å². The van der Waals surface area contributed by atoms with Gasteiger partial charge in [-0.15, -0.1) is 0 Å². The van der Waals surface area contributed by atoms with Gasteiger partial charge in [0.05, 0.1) is 24.8 Å². The third-order valence-electron chi connectivity index (χ3n) is 8.01. The number of rotatable bonds is 7. The van der Waals surface area contributed by atoms with E-state index in [1.54, 1.807) is 21.1 Å². The van der Waals surface area contributed by atoms with Crippen molar-refractivity contribution in [2.45, 2.75) is 71.1 Å². The van der Waals surface area contributed by atoms with Gasteiger partial charge in [-0.1, -0.05) is 51.1 Å². The highest BCUT2D eigenvalue weighted by atomic mass is 16.5. The van der Waals surface area contributed by atoms with Crippen molar-refractivity contribution in [1.29, 1.82) is 0 Å². The number of nitrogens with zero attached hydrogens (tertiary/aromatic N) is 1. The van der Waals surface area contributed by atoms with Crippen LogP contribution in [0.1, 0.15) is 57.3 Å². The fourth-order valence-electron chi connectivity index (χ4n) is 5.83. The summed E-state index contributed by atoms with van der Waals surface area (Å²) < 4.78 is 5.55. The predicted molar refractivity (Wildman–Crippen MR) is 145 cm³/mol. The van der Waals surface area contributed by atoms with Crippen molar-refractivity contribution >= 4 is 28.5 Å². The standard InChI is InChI=1S/C29H40N4O4/c1-17(30-5)26(34)32-25(29(2,3)4)28(36)33-16-15-19-11-13-21(24(19)33)31-27(35)23-20-10-8-7-9-18(20)12-14-22(23)37-6/h7-10,12,14,17,19,21,24-25,30H,11,13,15-16H2,1-6H3,(H,31,35)(H,32,34). The van der Waals surface area contributed by atoms with Crippen LogP contribution in [0.2, 0.25) is 0 Å². The minimum atomic E-state index is -0.662. The molecule has 0 radical (unpaired) electrons. The lowest BCUT2D eigenvalue weighted by molar-refractivity contribution is -0.141. The van der Waals surface area contributed by atoms with Crippen molar-refractivity contribution in [1.82, 2.24) is 20.9 Å². The monoisotopic (exact) mass is 508 g/mol. The van der Waals surface area contributed by atoms with E-state index in [1.165, 1.54) is 0 Å². The number of likely N-dealkylation sites (tertiary alicyclic amines) is 1. The van der Waals surface area contributed by atoms with Gasteiger partial charge < -0.3 is 25.6 Å². The molecule has 37 heavy (non-hydrogen) atoms. The topological polar surface area (TPSA) is 99.8 Å². The summed E-state index contributed by atoms with van der Waals surface area (Å²) in [5.74, 6) is 0.379. The predicted octanol–water partition coefficient (Wildman–Crippen LogP) is 3.10. The van der Waals surface area contributed by atoms with Crippen LogP contribution in [0, 0.1) is 11.3 Å². The molecule has 2 aliphatic rings. The zero-order valence-electron chi connectivity index (χ0n) is 22.8. The summed E-state index contributed by atoms with van der Waals surface area (Å²) in [5, 5.41) is 11.0. The maximum absolute atomic E-state index is 13.9. The Labute approximate surface area is 219 Å². The van der Waals surface area contributed by atoms with E-state index in [0.29, 0.717) is 23.8 Å². The fraction of sp³-hybridized carbons (Fsp3) is 0.552. The Balaban J connectivity index is 1.58. The minimum Gasteiger partial charge on any atom is -0.496 e. The van der Waals surface area contributed by atoms with E-state index in [1.807, 2.05) is 62.1 Å². The molecule has 1 saturated carbocycles. The molecule has 5 unspecified atom stereocenters. The molecule has 1 aliphatic carbocycles. The molecule has 2 aromatic rings. The molecule has 4 rings (SSSR count). The van der Waals surface area contributed by atoms with Gasteiger partial charge in [-0.25, -0.2) is 0 Å². The number of ether oxygens (including phenoxy) is 1. The molecule has 1 heterocycles. The molecule has 8 nitrogen and oxygen atoms in total. The number of hydrogen-bond donors (Lipinski definition) is 3. The van der Waals surface area contributed by atoms with Gasteiger partial charge in [-0.05, 0) is 61.4 Å². The van der Waals surface area contributed by atoms with Crippen LogP contribution in [0.25, 0.3) is 10.8 Å². The lowest BCUT2D eigenvalue weighted by atomic mass is 9.85. The second-order valence-electron chi connectivity index (χ2n) is 11.4.